The molecule has 3 rings (SSSR count). The summed E-state index contributed by atoms with van der Waals surface area (Å²) in [6, 6.07) is 13.1. The van der Waals surface area contributed by atoms with Gasteiger partial charge in [0.2, 0.25) is 0 Å². The second-order valence-corrected chi connectivity index (χ2v) is 8.76. The van der Waals surface area contributed by atoms with Crippen LogP contribution in [-0.4, -0.2) is 42.2 Å². The zero-order valence-electron chi connectivity index (χ0n) is 17.2. The standard InChI is InChI=1S/C23H28FN3O2S/c1-17-11-14-27(15-12-17)22(28)18-3-7-20(8-4-18)26-23(29)25-13-2-16-30-21-9-5-19(24)6-10-21/h3-10,17H,2,11-16H2,1H3,(H2,25,26,29). The van der Waals surface area contributed by atoms with E-state index in [-0.39, 0.29) is 17.8 Å². The number of hydrogen-bond acceptors (Lipinski definition) is 3. The summed E-state index contributed by atoms with van der Waals surface area (Å²) in [6.07, 6.45) is 2.90. The number of hydrogen-bond donors (Lipinski definition) is 2. The van der Waals surface area contributed by atoms with E-state index in [1.165, 1.54) is 12.1 Å². The fourth-order valence-electron chi connectivity index (χ4n) is 3.26. The number of nitrogens with one attached hydrogen (secondary N) is 2. The van der Waals surface area contributed by atoms with Gasteiger partial charge in [0.1, 0.15) is 5.82 Å². The maximum Gasteiger partial charge on any atom is 0.319 e. The van der Waals surface area contributed by atoms with Crippen LogP contribution in [0.5, 0.6) is 0 Å². The molecule has 3 amide bonds. The maximum absolute atomic E-state index is 12.9. The minimum Gasteiger partial charge on any atom is -0.339 e. The highest BCUT2D eigenvalue weighted by Gasteiger charge is 2.21. The number of carbonyl (C=O) groups excluding carboxylic acids is 2. The van der Waals surface area contributed by atoms with Crippen molar-refractivity contribution in [3.05, 3.63) is 59.9 Å². The Morgan fingerprint density at radius 2 is 1.73 bits per heavy atom. The molecule has 1 aliphatic rings. The van der Waals surface area contributed by atoms with Crippen molar-refractivity contribution in [3.8, 4) is 0 Å². The third-order valence-corrected chi connectivity index (χ3v) is 6.25. The number of anilines is 1. The highest BCUT2D eigenvalue weighted by molar-refractivity contribution is 7.99. The van der Waals surface area contributed by atoms with Crippen molar-refractivity contribution >= 4 is 29.4 Å². The van der Waals surface area contributed by atoms with Crippen LogP contribution in [0.1, 0.15) is 36.5 Å². The number of piperidine rings is 1. The molecule has 0 bridgehead atoms. The van der Waals surface area contributed by atoms with E-state index in [1.54, 1.807) is 48.2 Å². The van der Waals surface area contributed by atoms with Crippen LogP contribution in [0.3, 0.4) is 0 Å². The van der Waals surface area contributed by atoms with Gasteiger partial charge in [0, 0.05) is 35.8 Å². The van der Waals surface area contributed by atoms with Crippen LogP contribution in [0, 0.1) is 11.7 Å². The lowest BCUT2D eigenvalue weighted by atomic mass is 9.98. The lowest BCUT2D eigenvalue weighted by Gasteiger charge is -2.30. The van der Waals surface area contributed by atoms with Crippen LogP contribution in [-0.2, 0) is 0 Å². The van der Waals surface area contributed by atoms with Gasteiger partial charge in [-0.15, -0.1) is 11.8 Å². The lowest BCUT2D eigenvalue weighted by molar-refractivity contribution is 0.0697. The Kier molecular flexibility index (Phi) is 8.13. The van der Waals surface area contributed by atoms with Gasteiger partial charge in [-0.1, -0.05) is 6.92 Å². The molecule has 0 atom stereocenters. The average molecular weight is 430 g/mol. The summed E-state index contributed by atoms with van der Waals surface area (Å²) in [5, 5.41) is 5.61. The van der Waals surface area contributed by atoms with E-state index >= 15 is 0 Å². The van der Waals surface area contributed by atoms with Crippen LogP contribution in [0.4, 0.5) is 14.9 Å². The number of carbonyl (C=O) groups is 2. The maximum atomic E-state index is 12.9. The Labute approximate surface area is 181 Å². The predicted molar refractivity (Wildman–Crippen MR) is 120 cm³/mol. The molecule has 30 heavy (non-hydrogen) atoms. The van der Waals surface area contributed by atoms with Gasteiger partial charge in [-0.05, 0) is 79.5 Å². The van der Waals surface area contributed by atoms with Crippen molar-refractivity contribution in [2.24, 2.45) is 5.92 Å². The highest BCUT2D eigenvalue weighted by Crippen LogP contribution is 2.20. The molecule has 7 heteroatoms. The van der Waals surface area contributed by atoms with Crippen molar-refractivity contribution < 1.29 is 14.0 Å². The summed E-state index contributed by atoms with van der Waals surface area (Å²) in [4.78, 5) is 27.5. The Balaban J connectivity index is 1.36. The number of amides is 3. The first-order valence-electron chi connectivity index (χ1n) is 10.3. The molecule has 0 radical (unpaired) electrons. The molecular formula is C23H28FN3O2S. The van der Waals surface area contributed by atoms with Gasteiger partial charge in [-0.3, -0.25) is 4.79 Å². The molecular weight excluding hydrogens is 401 g/mol. The zero-order valence-corrected chi connectivity index (χ0v) is 18.0. The van der Waals surface area contributed by atoms with Gasteiger partial charge >= 0.3 is 6.03 Å². The second-order valence-electron chi connectivity index (χ2n) is 7.59. The third kappa shape index (κ3) is 6.76. The van der Waals surface area contributed by atoms with Gasteiger partial charge in [0.15, 0.2) is 0 Å². The fraction of sp³-hybridized carbons (Fsp3) is 0.391. The van der Waals surface area contributed by atoms with Crippen molar-refractivity contribution in [2.45, 2.75) is 31.1 Å². The third-order valence-electron chi connectivity index (χ3n) is 5.15. The number of rotatable bonds is 7. The predicted octanol–water partition coefficient (Wildman–Crippen LogP) is 5.00. The molecule has 1 aliphatic heterocycles. The normalized spacial score (nSPS) is 14.4. The molecule has 0 unspecified atom stereocenters. The van der Waals surface area contributed by atoms with Crippen molar-refractivity contribution in [1.29, 1.82) is 0 Å². The summed E-state index contributed by atoms with van der Waals surface area (Å²) < 4.78 is 12.9. The molecule has 160 valence electrons. The van der Waals surface area contributed by atoms with Crippen LogP contribution >= 0.6 is 11.8 Å². The summed E-state index contributed by atoms with van der Waals surface area (Å²) in [5.74, 6) is 1.33. The van der Waals surface area contributed by atoms with E-state index in [0.29, 0.717) is 23.7 Å². The van der Waals surface area contributed by atoms with Crippen LogP contribution < -0.4 is 10.6 Å². The number of nitrogens with zero attached hydrogens (tertiary/aromatic N) is 1. The first-order chi connectivity index (χ1) is 14.5. The Hall–Kier alpha value is -2.54. The summed E-state index contributed by atoms with van der Waals surface area (Å²) in [7, 11) is 0. The number of thioether (sulfide) groups is 1. The molecule has 0 saturated carbocycles. The largest absolute Gasteiger partial charge is 0.339 e. The Bertz CT molecular complexity index is 835. The smallest absolute Gasteiger partial charge is 0.319 e. The number of urea groups is 1. The van der Waals surface area contributed by atoms with Gasteiger partial charge in [-0.25, -0.2) is 9.18 Å². The van der Waals surface area contributed by atoms with Crippen LogP contribution in [0.25, 0.3) is 0 Å². The topological polar surface area (TPSA) is 61.4 Å². The van der Waals surface area contributed by atoms with E-state index in [4.69, 9.17) is 0 Å². The first-order valence-corrected chi connectivity index (χ1v) is 11.3. The first kappa shape index (κ1) is 22.2. The molecule has 2 aromatic carbocycles. The summed E-state index contributed by atoms with van der Waals surface area (Å²) in [6.45, 7) is 4.38. The number of benzene rings is 2. The van der Waals surface area contributed by atoms with Gasteiger partial charge < -0.3 is 15.5 Å². The molecule has 2 aromatic rings. The lowest BCUT2D eigenvalue weighted by Crippen LogP contribution is -2.37. The molecule has 1 saturated heterocycles. The summed E-state index contributed by atoms with van der Waals surface area (Å²) in [5.41, 5.74) is 1.30. The monoisotopic (exact) mass is 429 g/mol. The van der Waals surface area contributed by atoms with Gasteiger partial charge in [0.05, 0.1) is 0 Å². The molecule has 0 spiro atoms. The SMILES string of the molecule is CC1CCN(C(=O)c2ccc(NC(=O)NCCCSc3ccc(F)cc3)cc2)CC1. The van der Waals surface area contributed by atoms with Gasteiger partial charge in [-0.2, -0.15) is 0 Å². The molecule has 1 fully saturated rings. The number of halogens is 1. The van der Waals surface area contributed by atoms with Gasteiger partial charge in [0.25, 0.3) is 5.91 Å². The van der Waals surface area contributed by atoms with E-state index in [1.807, 2.05) is 4.90 Å². The second kappa shape index (κ2) is 11.0. The van der Waals surface area contributed by atoms with E-state index in [9.17, 15) is 14.0 Å². The molecule has 0 aliphatic carbocycles. The van der Waals surface area contributed by atoms with E-state index in [2.05, 4.69) is 17.6 Å². The Morgan fingerprint density at radius 1 is 1.07 bits per heavy atom. The van der Waals surface area contributed by atoms with E-state index in [0.717, 1.165) is 43.0 Å². The fourth-order valence-corrected chi connectivity index (χ4v) is 4.11. The van der Waals surface area contributed by atoms with Crippen molar-refractivity contribution in [2.75, 3.05) is 30.7 Å². The Morgan fingerprint density at radius 3 is 2.40 bits per heavy atom. The molecule has 1 heterocycles. The number of likely N-dealkylation sites (tertiary alicyclic amines) is 1. The summed E-state index contributed by atoms with van der Waals surface area (Å²) >= 11 is 1.63. The minimum absolute atomic E-state index is 0.0524. The highest BCUT2D eigenvalue weighted by atomic mass is 32.2. The zero-order chi connectivity index (χ0) is 21.3. The van der Waals surface area contributed by atoms with Crippen LogP contribution in [0.15, 0.2) is 53.4 Å². The average Bonchev–Trinajstić information content (AvgIpc) is 2.75. The van der Waals surface area contributed by atoms with Crippen molar-refractivity contribution in [1.82, 2.24) is 10.2 Å². The quantitative estimate of drug-likeness (QED) is 0.481. The minimum atomic E-state index is -0.272. The molecule has 0 aromatic heterocycles. The molecule has 5 nitrogen and oxygen atoms in total. The van der Waals surface area contributed by atoms with Crippen molar-refractivity contribution in [3.63, 3.8) is 0 Å². The molecule has 2 N–H and O–H groups in total. The van der Waals surface area contributed by atoms with Crippen LogP contribution in [0.2, 0.25) is 0 Å². The van der Waals surface area contributed by atoms with E-state index < -0.39 is 0 Å².